The Hall–Kier alpha value is -2.24. The van der Waals surface area contributed by atoms with Gasteiger partial charge in [0, 0.05) is 12.2 Å². The molecule has 29 heavy (non-hydrogen) atoms. The van der Waals surface area contributed by atoms with Gasteiger partial charge in [-0.1, -0.05) is 49.6 Å². The van der Waals surface area contributed by atoms with Crippen LogP contribution >= 0.6 is 0 Å². The molecule has 0 radical (unpaired) electrons. The number of hydrogen-bond donors (Lipinski definition) is 1. The number of amides is 1. The number of carbonyl (C=O) groups excluding carboxylic acids is 1. The first-order valence-electron chi connectivity index (χ1n) is 10.5. The highest BCUT2D eigenvalue weighted by molar-refractivity contribution is 6.08. The monoisotopic (exact) mass is 396 g/mol. The summed E-state index contributed by atoms with van der Waals surface area (Å²) in [6.45, 7) is 0.423. The van der Waals surface area contributed by atoms with Crippen molar-refractivity contribution in [2.24, 2.45) is 0 Å². The standard InChI is InChI=1S/C24H29FN2O2/c1-26(2)16-21(28)22(17-9-5-3-6-10-17)27-20-12-11-18(25)15-19(20)24(23(27)29)13-7-4-8-14-24/h3,5-6,9-12,15,21-22,28H,4,7-8,13-14,16H2,1-2H3/t21-,22+/m1/s1. The topological polar surface area (TPSA) is 43.8 Å². The van der Waals surface area contributed by atoms with Crippen molar-refractivity contribution in [1.82, 2.24) is 4.90 Å². The van der Waals surface area contributed by atoms with Crippen LogP contribution in [0.1, 0.15) is 49.3 Å². The molecule has 2 aromatic carbocycles. The number of rotatable bonds is 5. The normalized spacial score (nSPS) is 20.2. The van der Waals surface area contributed by atoms with Crippen LogP contribution in [-0.4, -0.2) is 42.7 Å². The van der Waals surface area contributed by atoms with Gasteiger partial charge in [-0.3, -0.25) is 4.79 Å². The van der Waals surface area contributed by atoms with Crippen LogP contribution in [0.5, 0.6) is 0 Å². The van der Waals surface area contributed by atoms with Gasteiger partial charge < -0.3 is 14.9 Å². The molecule has 0 aromatic heterocycles. The number of likely N-dealkylation sites (N-methyl/N-ethyl adjacent to an activating group) is 1. The minimum atomic E-state index is -0.770. The zero-order valence-corrected chi connectivity index (χ0v) is 17.1. The van der Waals surface area contributed by atoms with Crippen molar-refractivity contribution in [1.29, 1.82) is 0 Å². The lowest BCUT2D eigenvalue weighted by Gasteiger charge is -2.37. The minimum absolute atomic E-state index is 0.00413. The molecule has 0 saturated heterocycles. The molecular weight excluding hydrogens is 367 g/mol. The number of aliphatic hydroxyl groups excluding tert-OH is 1. The summed E-state index contributed by atoms with van der Waals surface area (Å²) in [5.41, 5.74) is 1.75. The van der Waals surface area contributed by atoms with E-state index < -0.39 is 17.6 Å². The summed E-state index contributed by atoms with van der Waals surface area (Å²) >= 11 is 0. The van der Waals surface area contributed by atoms with E-state index in [1.165, 1.54) is 6.07 Å². The summed E-state index contributed by atoms with van der Waals surface area (Å²) in [4.78, 5) is 17.6. The fourth-order valence-corrected chi connectivity index (χ4v) is 5.14. The molecule has 1 spiro atoms. The number of benzene rings is 2. The maximum Gasteiger partial charge on any atom is 0.238 e. The molecule has 4 nitrogen and oxygen atoms in total. The van der Waals surface area contributed by atoms with E-state index in [0.717, 1.165) is 48.9 Å². The van der Waals surface area contributed by atoms with E-state index in [4.69, 9.17) is 0 Å². The Balaban J connectivity index is 1.85. The van der Waals surface area contributed by atoms with E-state index in [-0.39, 0.29) is 11.7 Å². The number of hydrogen-bond acceptors (Lipinski definition) is 3. The van der Waals surface area contributed by atoms with Gasteiger partial charge in [-0.25, -0.2) is 4.39 Å². The number of aliphatic hydroxyl groups is 1. The molecule has 0 bridgehead atoms. The lowest BCUT2D eigenvalue weighted by Crippen LogP contribution is -2.48. The van der Waals surface area contributed by atoms with E-state index in [0.29, 0.717) is 6.54 Å². The number of carbonyl (C=O) groups is 1. The smallest absolute Gasteiger partial charge is 0.238 e. The lowest BCUT2D eigenvalue weighted by molar-refractivity contribution is -0.125. The van der Waals surface area contributed by atoms with E-state index in [1.807, 2.05) is 49.3 Å². The van der Waals surface area contributed by atoms with Gasteiger partial charge in [-0.2, -0.15) is 0 Å². The second-order valence-electron chi connectivity index (χ2n) is 8.66. The number of halogens is 1. The van der Waals surface area contributed by atoms with Crippen molar-refractivity contribution in [2.45, 2.75) is 49.7 Å². The molecule has 1 aliphatic heterocycles. The molecule has 4 rings (SSSR count). The maximum absolute atomic E-state index is 14.2. The van der Waals surface area contributed by atoms with Crippen LogP contribution in [-0.2, 0) is 10.2 Å². The Kier molecular flexibility index (Phi) is 5.45. The van der Waals surface area contributed by atoms with Crippen LogP contribution in [0.2, 0.25) is 0 Å². The molecular formula is C24H29FN2O2. The molecule has 2 aromatic rings. The van der Waals surface area contributed by atoms with E-state index in [2.05, 4.69) is 0 Å². The lowest BCUT2D eigenvalue weighted by atomic mass is 9.70. The molecule has 2 atom stereocenters. The predicted molar refractivity (Wildman–Crippen MR) is 112 cm³/mol. The summed E-state index contributed by atoms with van der Waals surface area (Å²) in [6.07, 6.45) is 3.74. The third kappa shape index (κ3) is 3.47. The van der Waals surface area contributed by atoms with Gasteiger partial charge in [0.2, 0.25) is 5.91 Å². The van der Waals surface area contributed by atoms with E-state index in [9.17, 15) is 14.3 Å². The van der Waals surface area contributed by atoms with Gasteiger partial charge in [0.05, 0.1) is 17.6 Å². The van der Waals surface area contributed by atoms with Crippen molar-refractivity contribution < 1.29 is 14.3 Å². The third-order valence-electron chi connectivity index (χ3n) is 6.40. The summed E-state index contributed by atoms with van der Waals surface area (Å²) in [6, 6.07) is 13.8. The Morgan fingerprint density at radius 3 is 2.45 bits per heavy atom. The number of fused-ring (bicyclic) bond motifs is 2. The predicted octanol–water partition coefficient (Wildman–Crippen LogP) is 4.04. The van der Waals surface area contributed by atoms with Crippen molar-refractivity contribution in [3.8, 4) is 0 Å². The Bertz CT molecular complexity index is 878. The number of anilines is 1. The highest BCUT2D eigenvalue weighted by Crippen LogP contribution is 2.53. The summed E-state index contributed by atoms with van der Waals surface area (Å²) in [7, 11) is 3.81. The second kappa shape index (κ2) is 7.88. The first kappa shape index (κ1) is 20.0. The van der Waals surface area contributed by atoms with Crippen LogP contribution in [0.4, 0.5) is 10.1 Å². The van der Waals surface area contributed by atoms with Crippen LogP contribution in [0.25, 0.3) is 0 Å². The molecule has 1 heterocycles. The quantitative estimate of drug-likeness (QED) is 0.830. The average molecular weight is 397 g/mol. The first-order valence-corrected chi connectivity index (χ1v) is 10.5. The summed E-state index contributed by atoms with van der Waals surface area (Å²) in [5, 5.41) is 11.2. The summed E-state index contributed by atoms with van der Waals surface area (Å²) < 4.78 is 14.2. The van der Waals surface area contributed by atoms with Gasteiger partial charge in [-0.05, 0) is 56.3 Å². The molecule has 1 aliphatic carbocycles. The van der Waals surface area contributed by atoms with E-state index in [1.54, 1.807) is 17.0 Å². The van der Waals surface area contributed by atoms with Crippen LogP contribution in [0.3, 0.4) is 0 Å². The van der Waals surface area contributed by atoms with Gasteiger partial charge >= 0.3 is 0 Å². The third-order valence-corrected chi connectivity index (χ3v) is 6.40. The molecule has 1 N–H and O–H groups in total. The first-order chi connectivity index (χ1) is 13.9. The van der Waals surface area contributed by atoms with Crippen molar-refractivity contribution in [3.63, 3.8) is 0 Å². The second-order valence-corrected chi connectivity index (χ2v) is 8.66. The van der Waals surface area contributed by atoms with Crippen LogP contribution < -0.4 is 4.90 Å². The van der Waals surface area contributed by atoms with Crippen LogP contribution in [0.15, 0.2) is 48.5 Å². The molecule has 154 valence electrons. The molecule has 1 saturated carbocycles. The minimum Gasteiger partial charge on any atom is -0.389 e. The molecule has 5 heteroatoms. The SMILES string of the molecule is CN(C)C[C@@H](O)[C@H](c1ccccc1)N1C(=O)C2(CCCCC2)c2cc(F)ccc21. The van der Waals surface area contributed by atoms with Gasteiger partial charge in [0.15, 0.2) is 0 Å². The zero-order chi connectivity index (χ0) is 20.6. The molecule has 2 aliphatic rings. The fourth-order valence-electron chi connectivity index (χ4n) is 5.14. The molecule has 0 unspecified atom stereocenters. The van der Waals surface area contributed by atoms with Crippen molar-refractivity contribution >= 4 is 11.6 Å². The molecule has 1 amide bonds. The van der Waals surface area contributed by atoms with Crippen molar-refractivity contribution in [2.75, 3.05) is 25.5 Å². The molecule has 1 fully saturated rings. The largest absolute Gasteiger partial charge is 0.389 e. The van der Waals surface area contributed by atoms with Crippen molar-refractivity contribution in [3.05, 3.63) is 65.5 Å². The highest BCUT2D eigenvalue weighted by atomic mass is 19.1. The Morgan fingerprint density at radius 2 is 1.79 bits per heavy atom. The average Bonchev–Trinajstić information content (AvgIpc) is 2.92. The van der Waals surface area contributed by atoms with Gasteiger partial charge in [0.25, 0.3) is 0 Å². The Morgan fingerprint density at radius 1 is 1.10 bits per heavy atom. The van der Waals surface area contributed by atoms with Gasteiger partial charge in [-0.15, -0.1) is 0 Å². The summed E-state index contributed by atoms with van der Waals surface area (Å²) in [5.74, 6) is -0.307. The fraction of sp³-hybridized carbons (Fsp3) is 0.458. The maximum atomic E-state index is 14.2. The van der Waals surface area contributed by atoms with E-state index >= 15 is 0 Å². The number of nitrogens with zero attached hydrogens (tertiary/aromatic N) is 2. The highest BCUT2D eigenvalue weighted by Gasteiger charge is 2.53. The zero-order valence-electron chi connectivity index (χ0n) is 17.1. The Labute approximate surface area is 171 Å². The van der Waals surface area contributed by atoms with Crippen LogP contribution in [0, 0.1) is 5.82 Å². The van der Waals surface area contributed by atoms with Gasteiger partial charge in [0.1, 0.15) is 5.82 Å².